The van der Waals surface area contributed by atoms with Crippen molar-refractivity contribution >= 4 is 22.8 Å². The Morgan fingerprint density at radius 1 is 1.29 bits per heavy atom. The van der Waals surface area contributed by atoms with Gasteiger partial charge in [-0.3, -0.25) is 9.59 Å². The number of aliphatic carboxylic acids is 1. The third-order valence-electron chi connectivity index (χ3n) is 3.46. The number of hydrogen-bond acceptors (Lipinski definition) is 3. The standard InChI is InChI=1S/C16H19NO4/c1-4-8-17(9-13(18)19)16(20)15-11(3)12-7-5-6-10(2)14(12)21-15/h5-7H,4,8-9H2,1-3H3,(H,18,19). The number of hydrogen-bond donors (Lipinski definition) is 1. The molecule has 5 nitrogen and oxygen atoms in total. The number of furan rings is 1. The first-order chi connectivity index (χ1) is 9.95. The fraction of sp³-hybridized carbons (Fsp3) is 0.375. The molecule has 112 valence electrons. The second kappa shape index (κ2) is 5.99. The number of nitrogens with zero attached hydrogens (tertiary/aromatic N) is 1. The highest BCUT2D eigenvalue weighted by molar-refractivity contribution is 6.00. The van der Waals surface area contributed by atoms with Crippen molar-refractivity contribution in [2.45, 2.75) is 27.2 Å². The smallest absolute Gasteiger partial charge is 0.323 e. The van der Waals surface area contributed by atoms with Crippen LogP contribution in [-0.2, 0) is 4.79 Å². The summed E-state index contributed by atoms with van der Waals surface area (Å²) in [4.78, 5) is 24.8. The van der Waals surface area contributed by atoms with Gasteiger partial charge in [-0.1, -0.05) is 25.1 Å². The van der Waals surface area contributed by atoms with Gasteiger partial charge in [0.05, 0.1) is 0 Å². The lowest BCUT2D eigenvalue weighted by molar-refractivity contribution is -0.137. The van der Waals surface area contributed by atoms with Gasteiger partial charge in [-0.25, -0.2) is 0 Å². The van der Waals surface area contributed by atoms with E-state index in [1.165, 1.54) is 4.90 Å². The van der Waals surface area contributed by atoms with E-state index in [4.69, 9.17) is 9.52 Å². The average molecular weight is 289 g/mol. The predicted octanol–water partition coefficient (Wildman–Crippen LogP) is 2.99. The lowest BCUT2D eigenvalue weighted by Gasteiger charge is -2.18. The van der Waals surface area contributed by atoms with E-state index in [0.717, 1.165) is 16.5 Å². The second-order valence-corrected chi connectivity index (χ2v) is 5.13. The molecule has 0 fully saturated rings. The number of para-hydroxylation sites is 1. The van der Waals surface area contributed by atoms with Gasteiger partial charge in [-0.05, 0) is 25.8 Å². The normalized spacial score (nSPS) is 10.8. The first-order valence-corrected chi connectivity index (χ1v) is 6.95. The molecule has 0 aliphatic carbocycles. The molecule has 1 heterocycles. The summed E-state index contributed by atoms with van der Waals surface area (Å²) in [6.07, 6.45) is 0.692. The Bertz CT molecular complexity index is 687. The van der Waals surface area contributed by atoms with Crippen LogP contribution in [0.2, 0.25) is 0 Å². The van der Waals surface area contributed by atoms with E-state index < -0.39 is 5.97 Å². The van der Waals surface area contributed by atoms with E-state index >= 15 is 0 Å². The van der Waals surface area contributed by atoms with Gasteiger partial charge in [-0.2, -0.15) is 0 Å². The van der Waals surface area contributed by atoms with Crippen LogP contribution in [0, 0.1) is 13.8 Å². The van der Waals surface area contributed by atoms with Crippen molar-refractivity contribution < 1.29 is 19.1 Å². The largest absolute Gasteiger partial charge is 0.480 e. The molecule has 1 amide bonds. The summed E-state index contributed by atoms with van der Waals surface area (Å²) in [5.41, 5.74) is 2.39. The highest BCUT2D eigenvalue weighted by Crippen LogP contribution is 2.28. The lowest BCUT2D eigenvalue weighted by atomic mass is 10.1. The van der Waals surface area contributed by atoms with Gasteiger partial charge in [0, 0.05) is 17.5 Å². The molecule has 0 radical (unpaired) electrons. The monoisotopic (exact) mass is 289 g/mol. The molecule has 0 saturated carbocycles. The predicted molar refractivity (Wildman–Crippen MR) is 79.5 cm³/mol. The Morgan fingerprint density at radius 2 is 2.00 bits per heavy atom. The molecule has 5 heteroatoms. The van der Waals surface area contributed by atoms with E-state index in [1.807, 2.05) is 39.0 Å². The van der Waals surface area contributed by atoms with Crippen LogP contribution in [0.4, 0.5) is 0 Å². The summed E-state index contributed by atoms with van der Waals surface area (Å²) in [5.74, 6) is -1.16. The van der Waals surface area contributed by atoms with Crippen molar-refractivity contribution in [1.29, 1.82) is 0 Å². The van der Waals surface area contributed by atoms with Crippen LogP contribution in [0.3, 0.4) is 0 Å². The first kappa shape index (κ1) is 15.1. The highest BCUT2D eigenvalue weighted by atomic mass is 16.4. The maximum absolute atomic E-state index is 12.5. The van der Waals surface area contributed by atoms with Gasteiger partial charge < -0.3 is 14.4 Å². The Kier molecular flexibility index (Phi) is 4.31. The molecular weight excluding hydrogens is 270 g/mol. The van der Waals surface area contributed by atoms with E-state index in [-0.39, 0.29) is 18.2 Å². The van der Waals surface area contributed by atoms with Crippen LogP contribution in [0.1, 0.15) is 35.0 Å². The minimum absolute atomic E-state index is 0.231. The third-order valence-corrected chi connectivity index (χ3v) is 3.46. The molecule has 0 unspecified atom stereocenters. The number of fused-ring (bicyclic) bond motifs is 1. The summed E-state index contributed by atoms with van der Waals surface area (Å²) < 4.78 is 5.72. The minimum Gasteiger partial charge on any atom is -0.480 e. The number of carboxylic acids is 1. The zero-order valence-corrected chi connectivity index (χ0v) is 12.5. The summed E-state index contributed by atoms with van der Waals surface area (Å²) >= 11 is 0. The molecule has 0 spiro atoms. The van der Waals surface area contributed by atoms with Crippen molar-refractivity contribution in [2.75, 3.05) is 13.1 Å². The Morgan fingerprint density at radius 3 is 2.57 bits per heavy atom. The quantitative estimate of drug-likeness (QED) is 0.918. The van der Waals surface area contributed by atoms with Gasteiger partial charge >= 0.3 is 5.97 Å². The van der Waals surface area contributed by atoms with Crippen molar-refractivity contribution in [1.82, 2.24) is 4.90 Å². The molecule has 0 bridgehead atoms. The lowest BCUT2D eigenvalue weighted by Crippen LogP contribution is -2.36. The van der Waals surface area contributed by atoms with Crippen molar-refractivity contribution in [3.8, 4) is 0 Å². The van der Waals surface area contributed by atoms with E-state index in [1.54, 1.807) is 0 Å². The number of carbonyl (C=O) groups is 2. The molecule has 21 heavy (non-hydrogen) atoms. The van der Waals surface area contributed by atoms with Gasteiger partial charge in [0.25, 0.3) is 5.91 Å². The van der Waals surface area contributed by atoms with Crippen molar-refractivity contribution in [3.63, 3.8) is 0 Å². The topological polar surface area (TPSA) is 70.8 Å². The van der Waals surface area contributed by atoms with Crippen LogP contribution in [0.25, 0.3) is 11.0 Å². The zero-order chi connectivity index (χ0) is 15.6. The second-order valence-electron chi connectivity index (χ2n) is 5.13. The van der Waals surface area contributed by atoms with Gasteiger partial charge in [-0.15, -0.1) is 0 Å². The molecule has 1 aromatic carbocycles. The van der Waals surface area contributed by atoms with Crippen LogP contribution >= 0.6 is 0 Å². The van der Waals surface area contributed by atoms with Gasteiger partial charge in [0.15, 0.2) is 5.76 Å². The molecule has 2 aromatic rings. The fourth-order valence-corrected chi connectivity index (χ4v) is 2.42. The van der Waals surface area contributed by atoms with Crippen LogP contribution in [0.15, 0.2) is 22.6 Å². The Labute approximate surface area is 123 Å². The molecule has 0 aliphatic heterocycles. The number of carbonyl (C=O) groups excluding carboxylic acids is 1. The van der Waals surface area contributed by atoms with Gasteiger partial charge in [0.2, 0.25) is 0 Å². The number of aryl methyl sites for hydroxylation is 2. The number of rotatable bonds is 5. The highest BCUT2D eigenvalue weighted by Gasteiger charge is 2.24. The summed E-state index contributed by atoms with van der Waals surface area (Å²) in [6.45, 7) is 5.71. The minimum atomic E-state index is -1.03. The van der Waals surface area contributed by atoms with E-state index in [9.17, 15) is 9.59 Å². The molecule has 2 rings (SSSR count). The molecule has 0 aliphatic rings. The average Bonchev–Trinajstić information content (AvgIpc) is 2.76. The summed E-state index contributed by atoms with van der Waals surface area (Å²) in [7, 11) is 0. The Hall–Kier alpha value is -2.30. The maximum atomic E-state index is 12.5. The van der Waals surface area contributed by atoms with Crippen molar-refractivity contribution in [3.05, 3.63) is 35.1 Å². The van der Waals surface area contributed by atoms with E-state index in [0.29, 0.717) is 18.5 Å². The Balaban J connectivity index is 2.44. The summed E-state index contributed by atoms with van der Waals surface area (Å²) in [5, 5.41) is 9.83. The van der Waals surface area contributed by atoms with Crippen molar-refractivity contribution in [2.24, 2.45) is 0 Å². The fourth-order valence-electron chi connectivity index (χ4n) is 2.42. The zero-order valence-electron chi connectivity index (χ0n) is 12.5. The van der Waals surface area contributed by atoms with Crippen LogP contribution < -0.4 is 0 Å². The number of benzene rings is 1. The number of amides is 1. The number of carboxylic acid groups (broad SMARTS) is 1. The molecular formula is C16H19NO4. The summed E-state index contributed by atoms with van der Waals surface area (Å²) in [6, 6.07) is 5.73. The maximum Gasteiger partial charge on any atom is 0.323 e. The SMILES string of the molecule is CCCN(CC(=O)O)C(=O)c1oc2c(C)cccc2c1C. The molecule has 0 saturated heterocycles. The molecule has 0 atom stereocenters. The first-order valence-electron chi connectivity index (χ1n) is 6.95. The molecule has 1 N–H and O–H groups in total. The third kappa shape index (κ3) is 2.91. The van der Waals surface area contributed by atoms with Gasteiger partial charge in [0.1, 0.15) is 12.1 Å². The molecule has 1 aromatic heterocycles. The van der Waals surface area contributed by atoms with E-state index in [2.05, 4.69) is 0 Å². The van der Waals surface area contributed by atoms with Crippen LogP contribution in [0.5, 0.6) is 0 Å². The van der Waals surface area contributed by atoms with Crippen LogP contribution in [-0.4, -0.2) is 35.0 Å².